The van der Waals surface area contributed by atoms with Gasteiger partial charge in [0.05, 0.1) is 0 Å². The Labute approximate surface area is 92.4 Å². The first kappa shape index (κ1) is 16.3. The fraction of sp³-hybridized carbons (Fsp3) is 0. The predicted octanol–water partition coefficient (Wildman–Crippen LogP) is 0.0418. The van der Waals surface area contributed by atoms with Crippen LogP contribution in [0.3, 0.4) is 0 Å². The minimum Gasteiger partial charge on any atom is -0.698 e. The van der Waals surface area contributed by atoms with E-state index in [2.05, 4.69) is 25.3 Å². The van der Waals surface area contributed by atoms with Crippen LogP contribution in [0.15, 0.2) is 0 Å². The zero-order chi connectivity index (χ0) is 7.15. The Hall–Kier alpha value is 0.640. The molecule has 0 aromatic heterocycles. The molecule has 0 radical (unpaired) electrons. The maximum atomic E-state index is 8.81. The molecule has 0 saturated carbocycles. The van der Waals surface area contributed by atoms with Crippen LogP contribution in [0.1, 0.15) is 0 Å². The molecule has 0 spiro atoms. The summed E-state index contributed by atoms with van der Waals surface area (Å²) in [7, 11) is 0. The van der Waals surface area contributed by atoms with Crippen molar-refractivity contribution >= 4 is 73.6 Å². The minimum atomic E-state index is -1.25. The van der Waals surface area contributed by atoms with Gasteiger partial charge in [-0.05, 0) is 0 Å². The third-order valence-electron chi connectivity index (χ3n) is 0. The van der Waals surface area contributed by atoms with Crippen LogP contribution in [-0.2, 0) is 25.3 Å². The number of carbonyl (C=O) groups is 2. The van der Waals surface area contributed by atoms with E-state index >= 15 is 0 Å². The van der Waals surface area contributed by atoms with Crippen molar-refractivity contribution < 1.29 is 19.8 Å². The van der Waals surface area contributed by atoms with E-state index in [9.17, 15) is 0 Å². The SMILES string of the molecule is O=C(O)[S-].O=C(O)[S-].[Ca+2]. The molecule has 0 aliphatic heterocycles. The van der Waals surface area contributed by atoms with Crippen LogP contribution in [0, 0.1) is 0 Å². The van der Waals surface area contributed by atoms with Gasteiger partial charge in [0.15, 0.2) is 10.6 Å². The zero-order valence-corrected chi connectivity index (χ0v) is 8.08. The fourth-order valence-corrected chi connectivity index (χ4v) is 0. The summed E-state index contributed by atoms with van der Waals surface area (Å²) in [6.45, 7) is 0. The molecule has 0 atom stereocenters. The van der Waals surface area contributed by atoms with E-state index < -0.39 is 10.6 Å². The smallest absolute Gasteiger partial charge is 0.698 e. The van der Waals surface area contributed by atoms with Gasteiger partial charge in [-0.1, -0.05) is 0 Å². The summed E-state index contributed by atoms with van der Waals surface area (Å²) >= 11 is 7.07. The molecule has 7 heteroatoms. The maximum Gasteiger partial charge on any atom is 2.00 e. The van der Waals surface area contributed by atoms with Gasteiger partial charge in [0, 0.05) is 0 Å². The number of hydrogen-bond acceptors (Lipinski definition) is 4. The van der Waals surface area contributed by atoms with E-state index in [1.807, 2.05) is 0 Å². The van der Waals surface area contributed by atoms with Gasteiger partial charge in [-0.2, -0.15) is 0 Å². The standard InChI is InChI=1S/2CH2O2S.Ca/c2*2-1(3)4;/h2*4H,(H,2,3);/q;;+2/p-2. The van der Waals surface area contributed by atoms with Crippen LogP contribution in [0.5, 0.6) is 0 Å². The molecule has 0 aromatic rings. The summed E-state index contributed by atoms with van der Waals surface area (Å²) in [5, 5.41) is 12.0. The van der Waals surface area contributed by atoms with E-state index in [4.69, 9.17) is 19.8 Å². The van der Waals surface area contributed by atoms with E-state index in [0.717, 1.165) is 0 Å². The summed E-state index contributed by atoms with van der Waals surface area (Å²) in [6, 6.07) is 0. The first-order valence-corrected chi connectivity index (χ1v) is 2.08. The topological polar surface area (TPSA) is 74.6 Å². The van der Waals surface area contributed by atoms with Crippen molar-refractivity contribution in [2.45, 2.75) is 0 Å². The number of carboxylic acid groups (broad SMARTS) is 2. The van der Waals surface area contributed by atoms with Crippen molar-refractivity contribution in [3.63, 3.8) is 0 Å². The molecule has 0 rings (SSSR count). The van der Waals surface area contributed by atoms with Crippen LogP contribution in [0.4, 0.5) is 9.59 Å². The Bertz CT molecular complexity index is 74.6. The summed E-state index contributed by atoms with van der Waals surface area (Å²) in [5.41, 5.74) is 0. The van der Waals surface area contributed by atoms with Crippen LogP contribution < -0.4 is 0 Å². The average molecular weight is 194 g/mol. The normalized spacial score (nSPS) is 5.33. The van der Waals surface area contributed by atoms with E-state index in [1.165, 1.54) is 0 Å². The van der Waals surface area contributed by atoms with Crippen molar-refractivity contribution in [3.05, 3.63) is 0 Å². The van der Waals surface area contributed by atoms with Crippen molar-refractivity contribution in [2.24, 2.45) is 0 Å². The molecule has 0 aliphatic carbocycles. The average Bonchev–Trinajstić information content (AvgIpc) is 1.25. The Morgan fingerprint density at radius 2 is 1.00 bits per heavy atom. The molecule has 0 saturated heterocycles. The number of hydrogen-bond donors (Lipinski definition) is 2. The van der Waals surface area contributed by atoms with Gasteiger partial charge in [0.1, 0.15) is 0 Å². The third-order valence-corrected chi connectivity index (χ3v) is 0. The molecule has 0 aromatic carbocycles. The first-order valence-electron chi connectivity index (χ1n) is 1.26. The summed E-state index contributed by atoms with van der Waals surface area (Å²) in [6.07, 6.45) is 0. The molecule has 0 fully saturated rings. The van der Waals surface area contributed by atoms with Crippen molar-refractivity contribution in [2.75, 3.05) is 0 Å². The summed E-state index contributed by atoms with van der Waals surface area (Å²) in [5.74, 6) is 0. The van der Waals surface area contributed by atoms with Crippen LogP contribution in [0.25, 0.3) is 0 Å². The van der Waals surface area contributed by atoms with Crippen LogP contribution in [-0.4, -0.2) is 58.6 Å². The largest absolute Gasteiger partial charge is 2.00 e. The molecule has 48 valence electrons. The third kappa shape index (κ3) is 931. The van der Waals surface area contributed by atoms with Gasteiger partial charge in [-0.25, -0.2) is 0 Å². The molecule has 2 N–H and O–H groups in total. The number of rotatable bonds is 0. The van der Waals surface area contributed by atoms with Crippen molar-refractivity contribution in [1.29, 1.82) is 0 Å². The first-order chi connectivity index (χ1) is 3.46. The molecule has 9 heavy (non-hydrogen) atoms. The second kappa shape index (κ2) is 11.4. The van der Waals surface area contributed by atoms with Gasteiger partial charge in [0.2, 0.25) is 0 Å². The van der Waals surface area contributed by atoms with E-state index in [1.54, 1.807) is 0 Å². The fourth-order valence-electron chi connectivity index (χ4n) is 0. The van der Waals surface area contributed by atoms with Gasteiger partial charge < -0.3 is 35.5 Å². The second-order valence-corrected chi connectivity index (χ2v) is 1.23. The Morgan fingerprint density at radius 3 is 1.00 bits per heavy atom. The zero-order valence-electron chi connectivity index (χ0n) is 4.23. The van der Waals surface area contributed by atoms with Gasteiger partial charge in [-0.15, -0.1) is 0 Å². The van der Waals surface area contributed by atoms with E-state index in [0.29, 0.717) is 0 Å². The van der Waals surface area contributed by atoms with Crippen molar-refractivity contribution in [3.8, 4) is 0 Å². The molecule has 0 unspecified atom stereocenters. The molecular weight excluding hydrogens is 192 g/mol. The second-order valence-electron chi connectivity index (χ2n) is 0.532. The van der Waals surface area contributed by atoms with E-state index in [-0.39, 0.29) is 37.7 Å². The minimum absolute atomic E-state index is 0. The van der Waals surface area contributed by atoms with Gasteiger partial charge in [0.25, 0.3) is 0 Å². The molecule has 0 amide bonds. The molecule has 0 heterocycles. The Balaban J connectivity index is -0.0000000720. The summed E-state index contributed by atoms with van der Waals surface area (Å²) in [4.78, 5) is 17.6. The molecule has 0 aliphatic rings. The molecule has 0 bridgehead atoms. The maximum absolute atomic E-state index is 8.81. The molecule has 4 nitrogen and oxygen atoms in total. The predicted molar refractivity (Wildman–Crippen MR) is 36.5 cm³/mol. The summed E-state index contributed by atoms with van der Waals surface area (Å²) < 4.78 is 0. The molecular formula is C2H2CaO4S2. The van der Waals surface area contributed by atoms with Crippen LogP contribution in [0.2, 0.25) is 0 Å². The van der Waals surface area contributed by atoms with Gasteiger partial charge in [-0.3, -0.25) is 9.59 Å². The van der Waals surface area contributed by atoms with Gasteiger partial charge >= 0.3 is 37.7 Å². The monoisotopic (exact) mass is 194 g/mol. The van der Waals surface area contributed by atoms with Crippen LogP contribution >= 0.6 is 0 Å². The Morgan fingerprint density at radius 1 is 1.00 bits per heavy atom. The van der Waals surface area contributed by atoms with Crippen molar-refractivity contribution in [1.82, 2.24) is 0 Å². The Kier molecular flexibility index (Phi) is 20.7. The quantitative estimate of drug-likeness (QED) is 0.419.